The lowest BCUT2D eigenvalue weighted by molar-refractivity contribution is -0.126. The van der Waals surface area contributed by atoms with E-state index in [1.807, 2.05) is 12.1 Å². The number of terminal acetylenes is 1. The number of hydrogen-bond acceptors (Lipinski definition) is 2. The molecular formula is C13H9NO. The summed E-state index contributed by atoms with van der Waals surface area (Å²) in [7, 11) is 0. The fourth-order valence-electron chi connectivity index (χ4n) is 1.85. The molecule has 0 saturated heterocycles. The van der Waals surface area contributed by atoms with Gasteiger partial charge in [-0.05, 0) is 17.7 Å². The van der Waals surface area contributed by atoms with Crippen LogP contribution in [-0.4, -0.2) is 5.78 Å². The summed E-state index contributed by atoms with van der Waals surface area (Å²) in [6.07, 6.45) is 5.91. The highest BCUT2D eigenvalue weighted by atomic mass is 16.1. The molecule has 0 atom stereocenters. The van der Waals surface area contributed by atoms with Gasteiger partial charge in [0, 0.05) is 18.4 Å². The van der Waals surface area contributed by atoms with Crippen LogP contribution in [0.25, 0.3) is 0 Å². The maximum Gasteiger partial charge on any atom is 0.136 e. The fraction of sp³-hybridized carbons (Fsp3) is 0.231. The lowest BCUT2D eigenvalue weighted by atomic mass is 9.65. The molecule has 2 heteroatoms. The molecule has 0 aromatic heterocycles. The van der Waals surface area contributed by atoms with Crippen molar-refractivity contribution in [3.05, 3.63) is 35.4 Å². The number of Topliss-reactive ketones (excluding diaryl/α,β-unsaturated/α-hetero) is 1. The highest BCUT2D eigenvalue weighted by molar-refractivity contribution is 5.90. The topological polar surface area (TPSA) is 40.9 Å². The zero-order valence-electron chi connectivity index (χ0n) is 8.16. The Hall–Kier alpha value is -2.06. The van der Waals surface area contributed by atoms with E-state index in [9.17, 15) is 4.79 Å². The van der Waals surface area contributed by atoms with E-state index in [4.69, 9.17) is 11.7 Å². The van der Waals surface area contributed by atoms with E-state index < -0.39 is 5.41 Å². The van der Waals surface area contributed by atoms with Gasteiger partial charge < -0.3 is 0 Å². The maximum absolute atomic E-state index is 11.0. The second-order valence-electron chi connectivity index (χ2n) is 3.81. The van der Waals surface area contributed by atoms with E-state index >= 15 is 0 Å². The minimum absolute atomic E-state index is 0.151. The second-order valence-corrected chi connectivity index (χ2v) is 3.81. The number of nitrogens with zero attached hydrogens (tertiary/aromatic N) is 1. The van der Waals surface area contributed by atoms with Crippen molar-refractivity contribution in [2.24, 2.45) is 0 Å². The van der Waals surface area contributed by atoms with E-state index in [0.29, 0.717) is 12.8 Å². The van der Waals surface area contributed by atoms with E-state index in [2.05, 4.69) is 12.0 Å². The normalized spacial score (nSPS) is 17.3. The number of rotatable bonds is 1. The van der Waals surface area contributed by atoms with Gasteiger partial charge in [-0.25, -0.2) is 0 Å². The Labute approximate surface area is 88.5 Å². The van der Waals surface area contributed by atoms with Gasteiger partial charge in [-0.2, -0.15) is 5.26 Å². The van der Waals surface area contributed by atoms with Gasteiger partial charge in [0.25, 0.3) is 0 Å². The van der Waals surface area contributed by atoms with Crippen LogP contribution in [0.3, 0.4) is 0 Å². The lowest BCUT2D eigenvalue weighted by Gasteiger charge is -2.34. The van der Waals surface area contributed by atoms with Crippen molar-refractivity contribution in [1.82, 2.24) is 0 Å². The van der Waals surface area contributed by atoms with Gasteiger partial charge in [-0.15, -0.1) is 6.42 Å². The van der Waals surface area contributed by atoms with Crippen LogP contribution < -0.4 is 0 Å². The van der Waals surface area contributed by atoms with Crippen LogP contribution in [0.5, 0.6) is 0 Å². The van der Waals surface area contributed by atoms with Gasteiger partial charge in [0.2, 0.25) is 0 Å². The summed E-state index contributed by atoms with van der Waals surface area (Å²) in [5.74, 6) is 2.67. The van der Waals surface area contributed by atoms with Crippen molar-refractivity contribution in [3.8, 4) is 18.4 Å². The SMILES string of the molecule is C#Cc1ccc(C2(C#N)CC(=O)C2)cc1. The fourth-order valence-corrected chi connectivity index (χ4v) is 1.85. The van der Waals surface area contributed by atoms with Crippen molar-refractivity contribution in [1.29, 1.82) is 5.26 Å². The molecule has 0 bridgehead atoms. The molecule has 1 aromatic carbocycles. The van der Waals surface area contributed by atoms with E-state index in [-0.39, 0.29) is 5.78 Å². The third-order valence-corrected chi connectivity index (χ3v) is 2.82. The zero-order chi connectivity index (χ0) is 10.9. The van der Waals surface area contributed by atoms with Crippen LogP contribution in [0.1, 0.15) is 24.0 Å². The van der Waals surface area contributed by atoms with Crippen LogP contribution in [-0.2, 0) is 10.2 Å². The van der Waals surface area contributed by atoms with Gasteiger partial charge >= 0.3 is 0 Å². The van der Waals surface area contributed by atoms with Crippen molar-refractivity contribution in [2.45, 2.75) is 18.3 Å². The number of benzene rings is 1. The molecule has 1 aliphatic carbocycles. The predicted molar refractivity (Wildman–Crippen MR) is 55.9 cm³/mol. The van der Waals surface area contributed by atoms with Crippen molar-refractivity contribution < 1.29 is 4.79 Å². The molecule has 0 spiro atoms. The molecule has 2 rings (SSSR count). The molecule has 0 unspecified atom stereocenters. The minimum Gasteiger partial charge on any atom is -0.300 e. The first kappa shape index (κ1) is 9.49. The Morgan fingerprint density at radius 2 is 1.87 bits per heavy atom. The number of ketones is 1. The Morgan fingerprint density at radius 3 is 2.27 bits per heavy atom. The number of carbonyl (C=O) groups is 1. The summed E-state index contributed by atoms with van der Waals surface area (Å²) in [6.45, 7) is 0. The Kier molecular flexibility index (Phi) is 2.06. The molecule has 0 radical (unpaired) electrons. The highest BCUT2D eigenvalue weighted by Crippen LogP contribution is 2.40. The maximum atomic E-state index is 11.0. The monoisotopic (exact) mass is 195 g/mol. The van der Waals surface area contributed by atoms with E-state index in [0.717, 1.165) is 11.1 Å². The summed E-state index contributed by atoms with van der Waals surface area (Å²) in [4.78, 5) is 11.0. The molecule has 1 aliphatic rings. The molecule has 0 amide bonds. The first-order chi connectivity index (χ1) is 7.20. The molecule has 0 N–H and O–H groups in total. The van der Waals surface area contributed by atoms with Crippen LogP contribution in [0, 0.1) is 23.7 Å². The van der Waals surface area contributed by atoms with E-state index in [1.54, 1.807) is 12.1 Å². The van der Waals surface area contributed by atoms with Crippen LogP contribution >= 0.6 is 0 Å². The molecule has 0 heterocycles. The number of hydrogen-bond donors (Lipinski definition) is 0. The molecule has 1 fully saturated rings. The molecule has 0 aliphatic heterocycles. The zero-order valence-corrected chi connectivity index (χ0v) is 8.16. The molecule has 1 saturated carbocycles. The van der Waals surface area contributed by atoms with Gasteiger partial charge in [0.05, 0.1) is 11.5 Å². The second kappa shape index (κ2) is 3.26. The quantitative estimate of drug-likeness (QED) is 0.641. The predicted octanol–water partition coefficient (Wildman–Crippen LogP) is 1.79. The molecule has 1 aromatic rings. The van der Waals surface area contributed by atoms with Crippen molar-refractivity contribution in [3.63, 3.8) is 0 Å². The number of carbonyl (C=O) groups excluding carboxylic acids is 1. The summed E-state index contributed by atoms with van der Waals surface area (Å²) in [6, 6.07) is 9.51. The Bertz CT molecular complexity index is 477. The first-order valence-electron chi connectivity index (χ1n) is 4.70. The smallest absolute Gasteiger partial charge is 0.136 e. The van der Waals surface area contributed by atoms with Gasteiger partial charge in [0.1, 0.15) is 5.78 Å². The minimum atomic E-state index is -0.593. The molecule has 15 heavy (non-hydrogen) atoms. The summed E-state index contributed by atoms with van der Waals surface area (Å²) >= 11 is 0. The Balaban J connectivity index is 2.34. The number of nitriles is 1. The molecule has 2 nitrogen and oxygen atoms in total. The van der Waals surface area contributed by atoms with Crippen LogP contribution in [0.2, 0.25) is 0 Å². The lowest BCUT2D eigenvalue weighted by Crippen LogP contribution is -2.40. The van der Waals surface area contributed by atoms with Crippen molar-refractivity contribution >= 4 is 5.78 Å². The summed E-state index contributed by atoms with van der Waals surface area (Å²) in [5, 5.41) is 9.09. The standard InChI is InChI=1S/C13H9NO/c1-2-10-3-5-11(6-4-10)13(9-14)7-12(15)8-13/h1,3-6H,7-8H2. The largest absolute Gasteiger partial charge is 0.300 e. The van der Waals surface area contributed by atoms with Gasteiger partial charge in [0.15, 0.2) is 0 Å². The van der Waals surface area contributed by atoms with Gasteiger partial charge in [-0.3, -0.25) is 4.79 Å². The molecular weight excluding hydrogens is 186 g/mol. The molecule has 72 valence electrons. The van der Waals surface area contributed by atoms with Crippen molar-refractivity contribution in [2.75, 3.05) is 0 Å². The average molecular weight is 195 g/mol. The highest BCUT2D eigenvalue weighted by Gasteiger charge is 2.45. The third kappa shape index (κ3) is 1.41. The van der Waals surface area contributed by atoms with Crippen LogP contribution in [0.15, 0.2) is 24.3 Å². The summed E-state index contributed by atoms with van der Waals surface area (Å²) in [5.41, 5.74) is 1.09. The first-order valence-corrected chi connectivity index (χ1v) is 4.70. The van der Waals surface area contributed by atoms with Gasteiger partial charge in [-0.1, -0.05) is 18.1 Å². The average Bonchev–Trinajstić information content (AvgIpc) is 2.25. The van der Waals surface area contributed by atoms with Crippen LogP contribution in [0.4, 0.5) is 0 Å². The summed E-state index contributed by atoms with van der Waals surface area (Å²) < 4.78 is 0. The third-order valence-electron chi connectivity index (χ3n) is 2.82. The van der Waals surface area contributed by atoms with E-state index in [1.165, 1.54) is 0 Å². The Morgan fingerprint density at radius 1 is 1.27 bits per heavy atom.